The average Bonchev–Trinajstić information content (AvgIpc) is 2.85. The molecule has 0 atom stereocenters. The summed E-state index contributed by atoms with van der Waals surface area (Å²) in [5, 5.41) is 13.4. The molecule has 0 spiro atoms. The van der Waals surface area contributed by atoms with Gasteiger partial charge in [0.2, 0.25) is 0 Å². The zero-order valence-corrected chi connectivity index (χ0v) is 18.5. The van der Waals surface area contributed by atoms with E-state index in [1.807, 2.05) is 18.2 Å². The molecule has 0 unspecified atom stereocenters. The Kier molecular flexibility index (Phi) is 7.31. The smallest absolute Gasteiger partial charge is 0.410 e. The summed E-state index contributed by atoms with van der Waals surface area (Å²) in [5.74, 6) is 1.39. The SMILES string of the molecule is O=C(NCCC1CCN(c2ccc(-c3cccc(F)c3)cn2)CC1)Oc1ccc([N+](=O)[O-])cc1. The molecule has 4 rings (SSSR count). The minimum atomic E-state index is -0.575. The average molecular weight is 464 g/mol. The summed E-state index contributed by atoms with van der Waals surface area (Å²) in [7, 11) is 0. The molecule has 1 N–H and O–H groups in total. The molecular weight excluding hydrogens is 439 g/mol. The number of benzene rings is 2. The normalized spacial score (nSPS) is 14.0. The van der Waals surface area contributed by atoms with Crippen molar-refractivity contribution in [2.24, 2.45) is 5.92 Å². The Morgan fingerprint density at radius 1 is 1.12 bits per heavy atom. The second-order valence-electron chi connectivity index (χ2n) is 8.20. The van der Waals surface area contributed by atoms with Crippen LogP contribution in [0, 0.1) is 21.8 Å². The molecular formula is C25H25FN4O4. The van der Waals surface area contributed by atoms with Gasteiger partial charge in [0, 0.05) is 43.5 Å². The van der Waals surface area contributed by atoms with Crippen molar-refractivity contribution < 1.29 is 18.8 Å². The summed E-state index contributed by atoms with van der Waals surface area (Å²) in [5.41, 5.74) is 1.62. The molecule has 176 valence electrons. The standard InChI is InChI=1S/C25H25FN4O4/c26-21-3-1-2-19(16-21)20-4-9-24(28-17-20)29-14-11-18(12-15-29)10-13-27-25(31)34-23-7-5-22(6-8-23)30(32)33/h1-9,16-18H,10-15H2,(H,27,31). The number of aromatic nitrogens is 1. The lowest BCUT2D eigenvalue weighted by molar-refractivity contribution is -0.384. The number of anilines is 1. The van der Waals surface area contributed by atoms with Gasteiger partial charge >= 0.3 is 6.09 Å². The summed E-state index contributed by atoms with van der Waals surface area (Å²) < 4.78 is 18.6. The maximum Gasteiger partial charge on any atom is 0.412 e. The van der Waals surface area contributed by atoms with Crippen molar-refractivity contribution in [2.45, 2.75) is 19.3 Å². The largest absolute Gasteiger partial charge is 0.412 e. The topological polar surface area (TPSA) is 97.6 Å². The second-order valence-corrected chi connectivity index (χ2v) is 8.20. The number of ether oxygens (including phenoxy) is 1. The van der Waals surface area contributed by atoms with Crippen LogP contribution in [0.5, 0.6) is 5.75 Å². The van der Waals surface area contributed by atoms with Gasteiger partial charge in [-0.3, -0.25) is 10.1 Å². The van der Waals surface area contributed by atoms with E-state index in [9.17, 15) is 19.3 Å². The van der Waals surface area contributed by atoms with Crippen molar-refractivity contribution in [3.05, 3.63) is 82.8 Å². The monoisotopic (exact) mass is 464 g/mol. The zero-order chi connectivity index (χ0) is 23.9. The third kappa shape index (κ3) is 6.06. The molecule has 2 heterocycles. The van der Waals surface area contributed by atoms with Crippen LogP contribution >= 0.6 is 0 Å². The van der Waals surface area contributed by atoms with Crippen LogP contribution in [0.4, 0.5) is 20.7 Å². The minimum Gasteiger partial charge on any atom is -0.410 e. The minimum absolute atomic E-state index is 0.0585. The molecule has 3 aromatic rings. The molecule has 1 amide bonds. The van der Waals surface area contributed by atoms with E-state index in [2.05, 4.69) is 15.2 Å². The summed E-state index contributed by atoms with van der Waals surface area (Å²) in [6, 6.07) is 15.8. The van der Waals surface area contributed by atoms with Gasteiger partial charge < -0.3 is 15.0 Å². The number of carbonyl (C=O) groups is 1. The Morgan fingerprint density at radius 3 is 2.53 bits per heavy atom. The number of nitro benzene ring substituents is 1. The number of piperidine rings is 1. The first kappa shape index (κ1) is 23.2. The highest BCUT2D eigenvalue weighted by Gasteiger charge is 2.20. The molecule has 9 heteroatoms. The predicted molar refractivity (Wildman–Crippen MR) is 126 cm³/mol. The van der Waals surface area contributed by atoms with Gasteiger partial charge in [-0.2, -0.15) is 0 Å². The number of carbonyl (C=O) groups excluding carboxylic acids is 1. The summed E-state index contributed by atoms with van der Waals surface area (Å²) in [6.07, 6.45) is 4.03. The van der Waals surface area contributed by atoms with Crippen LogP contribution < -0.4 is 15.0 Å². The van der Waals surface area contributed by atoms with Crippen LogP contribution in [0.3, 0.4) is 0 Å². The maximum atomic E-state index is 13.4. The van der Waals surface area contributed by atoms with Gasteiger partial charge in [0.1, 0.15) is 17.4 Å². The van der Waals surface area contributed by atoms with Crippen molar-refractivity contribution in [1.82, 2.24) is 10.3 Å². The van der Waals surface area contributed by atoms with Gasteiger partial charge in [0.05, 0.1) is 4.92 Å². The number of amides is 1. The summed E-state index contributed by atoms with van der Waals surface area (Å²) in [4.78, 5) is 28.9. The molecule has 1 aliphatic rings. The molecule has 2 aromatic carbocycles. The van der Waals surface area contributed by atoms with Crippen molar-refractivity contribution in [2.75, 3.05) is 24.5 Å². The van der Waals surface area contributed by atoms with E-state index in [0.717, 1.165) is 49.3 Å². The number of halogens is 1. The van der Waals surface area contributed by atoms with E-state index < -0.39 is 11.0 Å². The molecule has 34 heavy (non-hydrogen) atoms. The Balaban J connectivity index is 1.18. The third-order valence-electron chi connectivity index (χ3n) is 5.92. The number of non-ortho nitro benzene ring substituents is 1. The molecule has 1 saturated heterocycles. The van der Waals surface area contributed by atoms with E-state index >= 15 is 0 Å². The first-order chi connectivity index (χ1) is 16.5. The van der Waals surface area contributed by atoms with Gasteiger partial charge in [-0.25, -0.2) is 14.2 Å². The highest BCUT2D eigenvalue weighted by Crippen LogP contribution is 2.26. The van der Waals surface area contributed by atoms with E-state index in [0.29, 0.717) is 12.5 Å². The molecule has 1 aromatic heterocycles. The molecule has 8 nitrogen and oxygen atoms in total. The quantitative estimate of drug-likeness (QED) is 0.382. The van der Waals surface area contributed by atoms with Crippen LogP contribution in [0.2, 0.25) is 0 Å². The Labute approximate surface area is 196 Å². The van der Waals surface area contributed by atoms with E-state index in [-0.39, 0.29) is 17.3 Å². The van der Waals surface area contributed by atoms with Crippen molar-refractivity contribution in [3.63, 3.8) is 0 Å². The Hall–Kier alpha value is -4.01. The van der Waals surface area contributed by atoms with E-state index in [1.165, 1.54) is 36.4 Å². The lowest BCUT2D eigenvalue weighted by atomic mass is 9.93. The number of pyridine rings is 1. The number of nitro groups is 1. The fraction of sp³-hybridized carbons (Fsp3) is 0.280. The zero-order valence-electron chi connectivity index (χ0n) is 18.5. The molecule has 1 aliphatic heterocycles. The van der Waals surface area contributed by atoms with Gasteiger partial charge in [-0.15, -0.1) is 0 Å². The number of nitrogens with one attached hydrogen (secondary N) is 1. The second kappa shape index (κ2) is 10.7. The lowest BCUT2D eigenvalue weighted by Gasteiger charge is -2.32. The molecule has 0 radical (unpaired) electrons. The molecule has 1 fully saturated rings. The number of hydrogen-bond acceptors (Lipinski definition) is 6. The number of rotatable bonds is 7. The molecule has 0 saturated carbocycles. The van der Waals surface area contributed by atoms with Crippen LogP contribution in [-0.2, 0) is 0 Å². The third-order valence-corrected chi connectivity index (χ3v) is 5.92. The van der Waals surface area contributed by atoms with Crippen LogP contribution in [0.15, 0.2) is 66.9 Å². The fourth-order valence-electron chi connectivity index (χ4n) is 4.02. The number of nitrogens with zero attached hydrogens (tertiary/aromatic N) is 3. The summed E-state index contributed by atoms with van der Waals surface area (Å²) in [6.45, 7) is 2.26. The van der Waals surface area contributed by atoms with Gasteiger partial charge in [-0.05, 0) is 67.1 Å². The molecule has 0 bridgehead atoms. The molecule has 0 aliphatic carbocycles. The van der Waals surface area contributed by atoms with Crippen molar-refractivity contribution in [1.29, 1.82) is 0 Å². The van der Waals surface area contributed by atoms with Gasteiger partial charge in [-0.1, -0.05) is 12.1 Å². The Morgan fingerprint density at radius 2 is 1.88 bits per heavy atom. The summed E-state index contributed by atoms with van der Waals surface area (Å²) >= 11 is 0. The van der Waals surface area contributed by atoms with Crippen LogP contribution in [0.25, 0.3) is 11.1 Å². The Bertz CT molecular complexity index is 1130. The highest BCUT2D eigenvalue weighted by atomic mass is 19.1. The van der Waals surface area contributed by atoms with Crippen LogP contribution in [-0.4, -0.2) is 35.6 Å². The lowest BCUT2D eigenvalue weighted by Crippen LogP contribution is -2.36. The number of hydrogen-bond donors (Lipinski definition) is 1. The fourth-order valence-corrected chi connectivity index (χ4v) is 4.02. The first-order valence-electron chi connectivity index (χ1n) is 11.1. The van der Waals surface area contributed by atoms with E-state index in [4.69, 9.17) is 4.74 Å². The van der Waals surface area contributed by atoms with Crippen LogP contribution in [0.1, 0.15) is 19.3 Å². The van der Waals surface area contributed by atoms with Gasteiger partial charge in [0.25, 0.3) is 5.69 Å². The van der Waals surface area contributed by atoms with Gasteiger partial charge in [0.15, 0.2) is 0 Å². The maximum absolute atomic E-state index is 13.4. The highest BCUT2D eigenvalue weighted by molar-refractivity contribution is 5.70. The first-order valence-corrected chi connectivity index (χ1v) is 11.1. The van der Waals surface area contributed by atoms with Crippen molar-refractivity contribution in [3.8, 4) is 16.9 Å². The van der Waals surface area contributed by atoms with E-state index in [1.54, 1.807) is 12.3 Å². The van der Waals surface area contributed by atoms with Crippen molar-refractivity contribution >= 4 is 17.6 Å². The predicted octanol–water partition coefficient (Wildman–Crippen LogP) is 5.19.